The van der Waals surface area contributed by atoms with Crippen molar-refractivity contribution in [3.05, 3.63) is 11.6 Å². The Kier molecular flexibility index (Phi) is 3.24. The van der Waals surface area contributed by atoms with E-state index in [0.29, 0.717) is 5.41 Å². The van der Waals surface area contributed by atoms with E-state index in [0.717, 1.165) is 37.0 Å². The molecule has 4 aliphatic carbocycles. The smallest absolute Gasteiger partial charge is 0.0577 e. The van der Waals surface area contributed by atoms with Gasteiger partial charge in [0.2, 0.25) is 0 Å². The van der Waals surface area contributed by atoms with Gasteiger partial charge in [0.05, 0.1) is 6.10 Å². The molecule has 3 fully saturated rings. The van der Waals surface area contributed by atoms with Crippen molar-refractivity contribution in [2.24, 2.45) is 39.5 Å². The second kappa shape index (κ2) is 4.83. The van der Waals surface area contributed by atoms with Crippen molar-refractivity contribution in [3.8, 4) is 0 Å². The highest BCUT2D eigenvalue weighted by Gasteiger charge is 2.57. The summed E-state index contributed by atoms with van der Waals surface area (Å²) < 4.78 is 0. The highest BCUT2D eigenvalue weighted by molar-refractivity contribution is 5.92. The van der Waals surface area contributed by atoms with Crippen molar-refractivity contribution in [2.45, 2.75) is 71.3 Å². The number of aliphatic hydroxyl groups excluding tert-OH is 1. The van der Waals surface area contributed by atoms with Crippen LogP contribution < -0.4 is 5.84 Å². The van der Waals surface area contributed by atoms with E-state index in [-0.39, 0.29) is 11.5 Å². The van der Waals surface area contributed by atoms with Crippen molar-refractivity contribution in [2.75, 3.05) is 0 Å². The van der Waals surface area contributed by atoms with Gasteiger partial charge < -0.3 is 10.9 Å². The number of allylic oxidation sites excluding steroid dienone is 1. The number of nitrogens with two attached hydrogens (primary N) is 1. The molecule has 0 radical (unpaired) electrons. The quantitative estimate of drug-likeness (QED) is 0.408. The minimum atomic E-state index is -0.104. The highest BCUT2D eigenvalue weighted by atomic mass is 16.3. The molecule has 4 rings (SSSR count). The molecule has 22 heavy (non-hydrogen) atoms. The Bertz CT molecular complexity index is 540. The normalized spacial score (nSPS) is 52.7. The van der Waals surface area contributed by atoms with Crippen LogP contribution in [0, 0.1) is 28.6 Å². The van der Waals surface area contributed by atoms with Crippen LogP contribution in [-0.2, 0) is 0 Å². The summed E-state index contributed by atoms with van der Waals surface area (Å²) in [7, 11) is 0. The zero-order valence-electron chi connectivity index (χ0n) is 14.0. The van der Waals surface area contributed by atoms with Crippen LogP contribution in [0.3, 0.4) is 0 Å². The van der Waals surface area contributed by atoms with Crippen LogP contribution in [0.2, 0.25) is 0 Å². The monoisotopic (exact) mass is 302 g/mol. The average molecular weight is 302 g/mol. The Hall–Kier alpha value is -0.830. The zero-order chi connectivity index (χ0) is 15.5. The molecule has 0 amide bonds. The first-order valence-electron chi connectivity index (χ1n) is 9.14. The maximum atomic E-state index is 10.0. The van der Waals surface area contributed by atoms with Gasteiger partial charge in [0.15, 0.2) is 0 Å². The number of fused-ring (bicyclic) bond motifs is 5. The summed E-state index contributed by atoms with van der Waals surface area (Å²) in [5.41, 5.74) is 3.43. The molecule has 0 aromatic carbocycles. The molecule has 122 valence electrons. The summed E-state index contributed by atoms with van der Waals surface area (Å²) in [4.78, 5) is 0. The molecule has 3 heteroatoms. The zero-order valence-corrected chi connectivity index (χ0v) is 14.0. The van der Waals surface area contributed by atoms with E-state index >= 15 is 0 Å². The number of hydrazone groups is 1. The second-order valence-corrected chi connectivity index (χ2v) is 8.73. The van der Waals surface area contributed by atoms with Crippen LogP contribution in [-0.4, -0.2) is 16.9 Å². The van der Waals surface area contributed by atoms with E-state index in [1.165, 1.54) is 37.8 Å². The predicted octanol–water partition coefficient (Wildman–Crippen LogP) is 3.62. The van der Waals surface area contributed by atoms with Crippen molar-refractivity contribution < 1.29 is 5.11 Å². The van der Waals surface area contributed by atoms with E-state index in [9.17, 15) is 5.11 Å². The Morgan fingerprint density at radius 1 is 1.14 bits per heavy atom. The number of hydrogen-bond acceptors (Lipinski definition) is 3. The Morgan fingerprint density at radius 3 is 2.64 bits per heavy atom. The van der Waals surface area contributed by atoms with Gasteiger partial charge in [-0.1, -0.05) is 25.5 Å². The molecule has 3 saturated carbocycles. The molecule has 6 atom stereocenters. The summed E-state index contributed by atoms with van der Waals surface area (Å²) in [5.74, 6) is 8.04. The molecule has 0 aromatic rings. The fourth-order valence-corrected chi connectivity index (χ4v) is 6.64. The lowest BCUT2D eigenvalue weighted by Crippen LogP contribution is -2.50. The molecular weight excluding hydrogens is 272 g/mol. The third-order valence-electron chi connectivity index (χ3n) is 7.97. The fourth-order valence-electron chi connectivity index (χ4n) is 6.64. The van der Waals surface area contributed by atoms with Crippen molar-refractivity contribution in [3.63, 3.8) is 0 Å². The SMILES string of the molecule is C[C@]12CC[C@H](O)CC1=CCC1C2CC[C@]2(C)/C(=N\N)CCC12. The van der Waals surface area contributed by atoms with Gasteiger partial charge in [-0.25, -0.2) is 0 Å². The summed E-state index contributed by atoms with van der Waals surface area (Å²) in [5, 5.41) is 14.2. The van der Waals surface area contributed by atoms with Gasteiger partial charge in [-0.05, 0) is 74.5 Å². The molecule has 0 aromatic heterocycles. The number of aliphatic hydroxyl groups is 1. The lowest BCUT2D eigenvalue weighted by molar-refractivity contribution is -0.0209. The third kappa shape index (κ3) is 1.81. The predicted molar refractivity (Wildman–Crippen MR) is 89.3 cm³/mol. The lowest BCUT2D eigenvalue weighted by atomic mass is 9.48. The minimum Gasteiger partial charge on any atom is -0.393 e. The molecule has 0 heterocycles. The first kappa shape index (κ1) is 14.7. The van der Waals surface area contributed by atoms with E-state index in [1.54, 1.807) is 5.57 Å². The van der Waals surface area contributed by atoms with Gasteiger partial charge >= 0.3 is 0 Å². The highest BCUT2D eigenvalue weighted by Crippen LogP contribution is 2.64. The first-order valence-corrected chi connectivity index (χ1v) is 9.14. The van der Waals surface area contributed by atoms with Crippen molar-refractivity contribution in [1.82, 2.24) is 0 Å². The summed E-state index contributed by atoms with van der Waals surface area (Å²) in [6, 6.07) is 0. The lowest BCUT2D eigenvalue weighted by Gasteiger charge is -2.57. The van der Waals surface area contributed by atoms with Gasteiger partial charge in [-0.3, -0.25) is 0 Å². The molecule has 0 aliphatic heterocycles. The van der Waals surface area contributed by atoms with Crippen LogP contribution in [0.1, 0.15) is 65.2 Å². The molecule has 3 nitrogen and oxygen atoms in total. The van der Waals surface area contributed by atoms with Gasteiger partial charge in [0, 0.05) is 11.1 Å². The second-order valence-electron chi connectivity index (χ2n) is 8.73. The third-order valence-corrected chi connectivity index (χ3v) is 7.97. The van der Waals surface area contributed by atoms with Gasteiger partial charge in [-0.15, -0.1) is 0 Å². The molecule has 3 unspecified atom stereocenters. The van der Waals surface area contributed by atoms with Crippen molar-refractivity contribution >= 4 is 5.71 Å². The van der Waals surface area contributed by atoms with E-state index < -0.39 is 0 Å². The van der Waals surface area contributed by atoms with E-state index in [4.69, 9.17) is 5.84 Å². The standard InChI is InChI=1S/C19H30N2O/c1-18-9-7-13(22)11-12(18)3-4-14-15-5-6-17(21-20)19(15,2)10-8-16(14)18/h3,13-16,22H,4-11,20H2,1-2H3/b21-17-/t13-,14?,15?,16?,18-,19-/m0/s1. The van der Waals surface area contributed by atoms with Gasteiger partial charge in [-0.2, -0.15) is 5.10 Å². The molecular formula is C19H30N2O. The fraction of sp³-hybridized carbons (Fsp3) is 0.842. The van der Waals surface area contributed by atoms with Crippen molar-refractivity contribution in [1.29, 1.82) is 0 Å². The molecule has 0 saturated heterocycles. The first-order chi connectivity index (χ1) is 10.5. The van der Waals surface area contributed by atoms with Crippen LogP contribution in [0.5, 0.6) is 0 Å². The number of hydrogen-bond donors (Lipinski definition) is 2. The Balaban J connectivity index is 1.69. The Labute approximate surface area is 134 Å². The van der Waals surface area contributed by atoms with E-state index in [1.807, 2.05) is 0 Å². The molecule has 0 spiro atoms. The van der Waals surface area contributed by atoms with E-state index in [2.05, 4.69) is 25.0 Å². The van der Waals surface area contributed by atoms with Gasteiger partial charge in [0.25, 0.3) is 0 Å². The van der Waals surface area contributed by atoms with Crippen LogP contribution in [0.25, 0.3) is 0 Å². The summed E-state index contributed by atoms with van der Waals surface area (Å²) >= 11 is 0. The van der Waals surface area contributed by atoms with Crippen LogP contribution in [0.4, 0.5) is 0 Å². The number of rotatable bonds is 0. The molecule has 0 bridgehead atoms. The summed E-state index contributed by atoms with van der Waals surface area (Å²) in [6.45, 7) is 4.90. The topological polar surface area (TPSA) is 58.6 Å². The summed E-state index contributed by atoms with van der Waals surface area (Å²) in [6.07, 6.45) is 11.6. The maximum Gasteiger partial charge on any atom is 0.0577 e. The van der Waals surface area contributed by atoms with Gasteiger partial charge in [0.1, 0.15) is 0 Å². The maximum absolute atomic E-state index is 10.0. The minimum absolute atomic E-state index is 0.104. The number of nitrogens with zero attached hydrogens (tertiary/aromatic N) is 1. The Morgan fingerprint density at radius 2 is 1.86 bits per heavy atom. The molecule has 4 aliphatic rings. The van der Waals surface area contributed by atoms with Crippen LogP contribution in [0.15, 0.2) is 16.8 Å². The largest absolute Gasteiger partial charge is 0.393 e. The average Bonchev–Trinajstić information content (AvgIpc) is 2.84. The molecule has 3 N–H and O–H groups in total. The van der Waals surface area contributed by atoms with Crippen LogP contribution >= 0.6 is 0 Å².